The molecule has 0 bridgehead atoms. The van der Waals surface area contributed by atoms with Gasteiger partial charge in [-0.15, -0.1) is 0 Å². The van der Waals surface area contributed by atoms with Crippen molar-refractivity contribution >= 4 is 17.8 Å². The number of rotatable bonds is 5. The highest BCUT2D eigenvalue weighted by Crippen LogP contribution is 2.19. The van der Waals surface area contributed by atoms with E-state index >= 15 is 0 Å². The Morgan fingerprint density at radius 2 is 1.78 bits per heavy atom. The number of hydrogen-bond acceptors (Lipinski definition) is 3. The van der Waals surface area contributed by atoms with E-state index in [9.17, 15) is 14.4 Å². The molecule has 0 aromatic heterocycles. The van der Waals surface area contributed by atoms with Gasteiger partial charge in [0.15, 0.2) is 0 Å². The van der Waals surface area contributed by atoms with Crippen molar-refractivity contribution in [3.8, 4) is 0 Å². The van der Waals surface area contributed by atoms with Crippen molar-refractivity contribution in [2.75, 3.05) is 19.6 Å². The Morgan fingerprint density at radius 1 is 1.04 bits per heavy atom. The van der Waals surface area contributed by atoms with E-state index in [-0.39, 0.29) is 30.4 Å². The Bertz CT molecular complexity index is 617. The summed E-state index contributed by atoms with van der Waals surface area (Å²) in [6, 6.07) is 9.06. The summed E-state index contributed by atoms with van der Waals surface area (Å²) in [5, 5.41) is 0. The second-order valence-electron chi connectivity index (χ2n) is 6.18. The smallest absolute Gasteiger partial charge is 0.327 e. The molecule has 2 fully saturated rings. The molecule has 0 saturated carbocycles. The van der Waals surface area contributed by atoms with Crippen LogP contribution in [-0.2, 0) is 16.1 Å². The number of hydrogen-bond donors (Lipinski definition) is 0. The van der Waals surface area contributed by atoms with Crippen LogP contribution >= 0.6 is 0 Å². The summed E-state index contributed by atoms with van der Waals surface area (Å²) in [6.45, 7) is 3.50. The average Bonchev–Trinajstić information content (AvgIpc) is 3.04. The lowest BCUT2D eigenvalue weighted by atomic mass is 10.2. The minimum atomic E-state index is -0.294. The standard InChI is InChI=1S/C17H21N3O3/c1-13(10-18-9-5-8-15(18)21)20-16(22)12-19(17(20)23)11-14-6-3-2-4-7-14/h2-4,6-7,13H,5,8-12H2,1H3. The van der Waals surface area contributed by atoms with Crippen molar-refractivity contribution in [1.29, 1.82) is 0 Å². The Kier molecular flexibility index (Phi) is 4.32. The highest BCUT2D eigenvalue weighted by Gasteiger charge is 2.39. The molecule has 1 unspecified atom stereocenters. The molecule has 6 nitrogen and oxygen atoms in total. The first-order valence-corrected chi connectivity index (χ1v) is 7.99. The molecule has 6 heteroatoms. The van der Waals surface area contributed by atoms with Crippen molar-refractivity contribution in [1.82, 2.24) is 14.7 Å². The Balaban J connectivity index is 1.65. The first kappa shape index (κ1) is 15.5. The predicted octanol–water partition coefficient (Wildman–Crippen LogP) is 1.46. The predicted molar refractivity (Wildman–Crippen MR) is 84.4 cm³/mol. The van der Waals surface area contributed by atoms with Gasteiger partial charge < -0.3 is 9.80 Å². The van der Waals surface area contributed by atoms with Gasteiger partial charge >= 0.3 is 6.03 Å². The SMILES string of the molecule is CC(CN1CCCC1=O)N1C(=O)CN(Cc2ccccc2)C1=O. The summed E-state index contributed by atoms with van der Waals surface area (Å²) >= 11 is 0. The van der Waals surface area contributed by atoms with Gasteiger partial charge in [0.05, 0.1) is 6.04 Å². The van der Waals surface area contributed by atoms with E-state index in [0.717, 1.165) is 12.0 Å². The van der Waals surface area contributed by atoms with Crippen molar-refractivity contribution in [2.24, 2.45) is 0 Å². The second-order valence-corrected chi connectivity index (χ2v) is 6.18. The van der Waals surface area contributed by atoms with Gasteiger partial charge in [0.1, 0.15) is 6.54 Å². The minimum Gasteiger partial charge on any atom is -0.341 e. The highest BCUT2D eigenvalue weighted by atomic mass is 16.2. The van der Waals surface area contributed by atoms with Crippen LogP contribution in [0.1, 0.15) is 25.3 Å². The molecule has 2 saturated heterocycles. The van der Waals surface area contributed by atoms with Crippen LogP contribution in [0, 0.1) is 0 Å². The van der Waals surface area contributed by atoms with Gasteiger partial charge in [-0.25, -0.2) is 4.79 Å². The van der Waals surface area contributed by atoms with Crippen molar-refractivity contribution in [3.05, 3.63) is 35.9 Å². The van der Waals surface area contributed by atoms with Gasteiger partial charge in [-0.3, -0.25) is 14.5 Å². The maximum atomic E-state index is 12.5. The van der Waals surface area contributed by atoms with Gasteiger partial charge in [-0.2, -0.15) is 0 Å². The molecule has 122 valence electrons. The molecule has 0 aliphatic carbocycles. The lowest BCUT2D eigenvalue weighted by molar-refractivity contribution is -0.131. The van der Waals surface area contributed by atoms with E-state index in [2.05, 4.69) is 0 Å². The van der Waals surface area contributed by atoms with Gasteiger partial charge in [0, 0.05) is 26.1 Å². The van der Waals surface area contributed by atoms with Crippen molar-refractivity contribution < 1.29 is 14.4 Å². The monoisotopic (exact) mass is 315 g/mol. The molecule has 2 aliphatic rings. The van der Waals surface area contributed by atoms with Crippen LogP contribution in [0.4, 0.5) is 4.79 Å². The molecule has 1 aromatic rings. The van der Waals surface area contributed by atoms with Gasteiger partial charge in [0.25, 0.3) is 5.91 Å². The van der Waals surface area contributed by atoms with E-state index in [4.69, 9.17) is 0 Å². The summed E-state index contributed by atoms with van der Waals surface area (Å²) in [5.41, 5.74) is 0.998. The molecule has 1 aromatic carbocycles. The first-order valence-electron chi connectivity index (χ1n) is 7.99. The fourth-order valence-electron chi connectivity index (χ4n) is 3.23. The molecule has 0 radical (unpaired) electrons. The number of benzene rings is 1. The number of carbonyl (C=O) groups is 3. The molecular weight excluding hydrogens is 294 g/mol. The third kappa shape index (κ3) is 3.21. The van der Waals surface area contributed by atoms with Crippen LogP contribution in [0.15, 0.2) is 30.3 Å². The molecule has 0 N–H and O–H groups in total. The first-order chi connectivity index (χ1) is 11.1. The van der Waals surface area contributed by atoms with E-state index in [1.807, 2.05) is 37.3 Å². The lowest BCUT2D eigenvalue weighted by Gasteiger charge is -2.27. The minimum absolute atomic E-state index is 0.103. The van der Waals surface area contributed by atoms with Crippen LogP contribution < -0.4 is 0 Å². The maximum Gasteiger partial charge on any atom is 0.327 e. The summed E-state index contributed by atoms with van der Waals surface area (Å²) in [7, 11) is 0. The Morgan fingerprint density at radius 3 is 2.43 bits per heavy atom. The van der Waals surface area contributed by atoms with Crippen molar-refractivity contribution in [3.63, 3.8) is 0 Å². The Hall–Kier alpha value is -2.37. The number of urea groups is 1. The summed E-state index contributed by atoms with van der Waals surface area (Å²) in [6.07, 6.45) is 1.42. The summed E-state index contributed by atoms with van der Waals surface area (Å²) in [4.78, 5) is 41.1. The van der Waals surface area contributed by atoms with Gasteiger partial charge in [0.2, 0.25) is 5.91 Å². The number of carbonyl (C=O) groups excluding carboxylic acids is 3. The fraction of sp³-hybridized carbons (Fsp3) is 0.471. The molecule has 1 atom stereocenters. The zero-order chi connectivity index (χ0) is 16.4. The quantitative estimate of drug-likeness (QED) is 0.773. The zero-order valence-electron chi connectivity index (χ0n) is 13.3. The summed E-state index contributed by atoms with van der Waals surface area (Å²) in [5.74, 6) is -0.0813. The van der Waals surface area contributed by atoms with Crippen LogP contribution in [0.25, 0.3) is 0 Å². The van der Waals surface area contributed by atoms with E-state index in [1.54, 1.807) is 9.80 Å². The number of nitrogens with zero attached hydrogens (tertiary/aromatic N) is 3. The average molecular weight is 315 g/mol. The van der Waals surface area contributed by atoms with Gasteiger partial charge in [-0.05, 0) is 18.9 Å². The molecule has 2 heterocycles. The van der Waals surface area contributed by atoms with Crippen LogP contribution in [0.2, 0.25) is 0 Å². The Labute approximate surface area is 135 Å². The fourth-order valence-corrected chi connectivity index (χ4v) is 3.23. The van der Waals surface area contributed by atoms with E-state index in [0.29, 0.717) is 26.1 Å². The third-order valence-electron chi connectivity index (χ3n) is 4.38. The van der Waals surface area contributed by atoms with E-state index in [1.165, 1.54) is 4.90 Å². The van der Waals surface area contributed by atoms with Crippen LogP contribution in [0.5, 0.6) is 0 Å². The largest absolute Gasteiger partial charge is 0.341 e. The highest BCUT2D eigenvalue weighted by molar-refractivity contribution is 6.02. The molecule has 3 rings (SSSR count). The summed E-state index contributed by atoms with van der Waals surface area (Å²) < 4.78 is 0. The molecule has 4 amide bonds. The third-order valence-corrected chi connectivity index (χ3v) is 4.38. The number of likely N-dealkylation sites (tertiary alicyclic amines) is 1. The molecule has 0 spiro atoms. The lowest BCUT2D eigenvalue weighted by Crippen LogP contribution is -2.46. The van der Waals surface area contributed by atoms with Gasteiger partial charge in [-0.1, -0.05) is 30.3 Å². The van der Waals surface area contributed by atoms with E-state index < -0.39 is 0 Å². The zero-order valence-corrected chi connectivity index (χ0v) is 13.3. The molecule has 23 heavy (non-hydrogen) atoms. The second kappa shape index (κ2) is 6.40. The molecule has 2 aliphatic heterocycles. The van der Waals surface area contributed by atoms with Crippen molar-refractivity contribution in [2.45, 2.75) is 32.4 Å². The number of imide groups is 1. The maximum absolute atomic E-state index is 12.5. The topological polar surface area (TPSA) is 60.9 Å². The normalized spacial score (nSPS) is 19.9. The molecular formula is C17H21N3O3. The number of amides is 4. The van der Waals surface area contributed by atoms with Crippen LogP contribution in [0.3, 0.4) is 0 Å². The van der Waals surface area contributed by atoms with Crippen LogP contribution in [-0.4, -0.2) is 58.2 Å².